The van der Waals surface area contributed by atoms with Crippen LogP contribution in [0.4, 0.5) is 0 Å². The molecule has 0 aliphatic rings. The van der Waals surface area contributed by atoms with E-state index in [1.807, 2.05) is 12.1 Å². The maximum atomic E-state index is 5.65. The van der Waals surface area contributed by atoms with Crippen LogP contribution >= 0.6 is 24.4 Å². The van der Waals surface area contributed by atoms with Gasteiger partial charge < -0.3 is 18.3 Å². The summed E-state index contributed by atoms with van der Waals surface area (Å²) in [5.74, 6) is 0. The highest BCUT2D eigenvalue weighted by atomic mass is 32.1. The van der Waals surface area contributed by atoms with E-state index < -0.39 is 0 Å². The third-order valence-corrected chi connectivity index (χ3v) is 5.75. The molecule has 0 aliphatic carbocycles. The predicted octanol–water partition coefficient (Wildman–Crippen LogP) is 5.15. The van der Waals surface area contributed by atoms with Gasteiger partial charge in [-0.15, -0.1) is 0 Å². The fourth-order valence-electron chi connectivity index (χ4n) is 3.26. The van der Waals surface area contributed by atoms with Crippen LogP contribution in [0.25, 0.3) is 0 Å². The van der Waals surface area contributed by atoms with Crippen molar-refractivity contribution in [3.05, 3.63) is 106 Å². The first kappa shape index (κ1) is 18.7. The first-order chi connectivity index (χ1) is 13.7. The molecule has 142 valence electrons. The molecule has 2 heterocycles. The molecule has 0 radical (unpaired) electrons. The fourth-order valence-corrected chi connectivity index (χ4v) is 3.82. The van der Waals surface area contributed by atoms with Gasteiger partial charge in [0.25, 0.3) is 0 Å². The van der Waals surface area contributed by atoms with Crippen molar-refractivity contribution >= 4 is 24.4 Å². The molecular formula is C22H22N4S2. The number of rotatable bonds is 7. The van der Waals surface area contributed by atoms with E-state index in [-0.39, 0.29) is 0 Å². The average molecular weight is 407 g/mol. The second kappa shape index (κ2) is 8.54. The summed E-state index contributed by atoms with van der Waals surface area (Å²) in [5, 5.41) is 0. The normalized spacial score (nSPS) is 11.0. The lowest BCUT2D eigenvalue weighted by molar-refractivity contribution is 0.553. The molecule has 28 heavy (non-hydrogen) atoms. The highest BCUT2D eigenvalue weighted by Crippen LogP contribution is 2.08. The number of hydrogen-bond donors (Lipinski definition) is 0. The molecule has 0 fully saturated rings. The molecule has 4 rings (SSSR count). The Kier molecular flexibility index (Phi) is 5.69. The monoisotopic (exact) mass is 406 g/mol. The molecule has 4 nitrogen and oxygen atoms in total. The summed E-state index contributed by atoms with van der Waals surface area (Å²) in [4.78, 5) is 0. The van der Waals surface area contributed by atoms with Gasteiger partial charge >= 0.3 is 0 Å². The van der Waals surface area contributed by atoms with Gasteiger partial charge in [0.1, 0.15) is 0 Å². The van der Waals surface area contributed by atoms with Gasteiger partial charge in [-0.2, -0.15) is 0 Å². The van der Waals surface area contributed by atoms with E-state index >= 15 is 0 Å². The molecule has 2 aromatic heterocycles. The number of hydrogen-bond acceptors (Lipinski definition) is 2. The maximum Gasteiger partial charge on any atom is 0.180 e. The van der Waals surface area contributed by atoms with E-state index in [9.17, 15) is 0 Å². The number of nitrogens with zero attached hydrogens (tertiary/aromatic N) is 4. The summed E-state index contributed by atoms with van der Waals surface area (Å²) in [6.07, 6.45) is 8.20. The number of imidazole rings is 2. The van der Waals surface area contributed by atoms with Crippen molar-refractivity contribution in [3.8, 4) is 0 Å². The Morgan fingerprint density at radius 2 is 0.857 bits per heavy atom. The minimum Gasteiger partial charge on any atom is -0.322 e. The summed E-state index contributed by atoms with van der Waals surface area (Å²) in [5.41, 5.74) is 2.49. The van der Waals surface area contributed by atoms with Gasteiger partial charge in [0.15, 0.2) is 9.54 Å². The van der Waals surface area contributed by atoms with E-state index in [4.69, 9.17) is 24.4 Å². The molecule has 0 saturated carbocycles. The van der Waals surface area contributed by atoms with Crippen molar-refractivity contribution < 1.29 is 0 Å². The third-order valence-electron chi connectivity index (χ3n) is 4.81. The fraction of sp³-hybridized carbons (Fsp3) is 0.182. The molecule has 0 aliphatic heterocycles. The molecule has 0 unspecified atom stereocenters. The molecule has 6 heteroatoms. The van der Waals surface area contributed by atoms with Crippen LogP contribution in [0.3, 0.4) is 0 Å². The second-order valence-electron chi connectivity index (χ2n) is 6.78. The van der Waals surface area contributed by atoms with Gasteiger partial charge in [0.05, 0.1) is 0 Å². The number of aromatic nitrogens is 4. The Labute approximate surface area is 174 Å². The zero-order valence-corrected chi connectivity index (χ0v) is 17.1. The molecule has 0 N–H and O–H groups in total. The largest absolute Gasteiger partial charge is 0.322 e. The van der Waals surface area contributed by atoms with Gasteiger partial charge in [-0.3, -0.25) is 0 Å². The van der Waals surface area contributed by atoms with Crippen LogP contribution < -0.4 is 0 Å². The Morgan fingerprint density at radius 1 is 0.500 bits per heavy atom. The molecular weight excluding hydrogens is 384 g/mol. The first-order valence-electron chi connectivity index (χ1n) is 9.30. The number of benzene rings is 2. The molecule has 0 bridgehead atoms. The Balaban J connectivity index is 1.43. The lowest BCUT2D eigenvalue weighted by atomic mass is 10.2. The summed E-state index contributed by atoms with van der Waals surface area (Å²) in [6, 6.07) is 20.7. The SMILES string of the molecule is S=c1n(CCn2ccn(Cc3ccccc3)c2=S)ccn1Cc1ccccc1. The smallest absolute Gasteiger partial charge is 0.180 e. The zero-order chi connectivity index (χ0) is 19.3. The van der Waals surface area contributed by atoms with Crippen LogP contribution in [0, 0.1) is 9.54 Å². The van der Waals surface area contributed by atoms with E-state index in [0.29, 0.717) is 0 Å². The Hall–Kier alpha value is -2.70. The van der Waals surface area contributed by atoms with Crippen molar-refractivity contribution in [2.75, 3.05) is 0 Å². The second-order valence-corrected chi connectivity index (χ2v) is 7.51. The predicted molar refractivity (Wildman–Crippen MR) is 118 cm³/mol. The topological polar surface area (TPSA) is 19.7 Å². The average Bonchev–Trinajstić information content (AvgIpc) is 3.25. The van der Waals surface area contributed by atoms with Gasteiger partial charge in [-0.1, -0.05) is 60.7 Å². The lowest BCUT2D eigenvalue weighted by Gasteiger charge is -2.07. The van der Waals surface area contributed by atoms with Crippen LogP contribution in [-0.4, -0.2) is 18.3 Å². The molecule has 2 aromatic carbocycles. The van der Waals surface area contributed by atoms with Crippen LogP contribution in [0.2, 0.25) is 0 Å². The first-order valence-corrected chi connectivity index (χ1v) is 10.1. The van der Waals surface area contributed by atoms with Crippen molar-refractivity contribution in [1.82, 2.24) is 18.3 Å². The van der Waals surface area contributed by atoms with Crippen molar-refractivity contribution in [2.24, 2.45) is 0 Å². The van der Waals surface area contributed by atoms with Gasteiger partial charge in [0.2, 0.25) is 0 Å². The summed E-state index contributed by atoms with van der Waals surface area (Å²) >= 11 is 11.3. The van der Waals surface area contributed by atoms with Crippen molar-refractivity contribution in [2.45, 2.75) is 26.2 Å². The van der Waals surface area contributed by atoms with Gasteiger partial charge in [0, 0.05) is 51.0 Å². The van der Waals surface area contributed by atoms with Crippen molar-refractivity contribution in [1.29, 1.82) is 0 Å². The highest BCUT2D eigenvalue weighted by molar-refractivity contribution is 7.71. The molecule has 4 aromatic rings. The van der Waals surface area contributed by atoms with Crippen LogP contribution in [-0.2, 0) is 26.2 Å². The Bertz CT molecular complexity index is 1060. The van der Waals surface area contributed by atoms with E-state index in [1.165, 1.54) is 11.1 Å². The van der Waals surface area contributed by atoms with E-state index in [0.717, 1.165) is 35.7 Å². The number of aryl methyl sites for hydroxylation is 2. The van der Waals surface area contributed by atoms with E-state index in [1.54, 1.807) is 0 Å². The quantitative estimate of drug-likeness (QED) is 0.396. The molecule has 0 saturated heterocycles. The van der Waals surface area contributed by atoms with Gasteiger partial charge in [-0.25, -0.2) is 0 Å². The van der Waals surface area contributed by atoms with Crippen LogP contribution in [0.5, 0.6) is 0 Å². The Morgan fingerprint density at radius 3 is 1.25 bits per heavy atom. The van der Waals surface area contributed by atoms with E-state index in [2.05, 4.69) is 91.6 Å². The van der Waals surface area contributed by atoms with Gasteiger partial charge in [-0.05, 0) is 35.6 Å². The summed E-state index contributed by atoms with van der Waals surface area (Å²) < 4.78 is 10.1. The van der Waals surface area contributed by atoms with Crippen molar-refractivity contribution in [3.63, 3.8) is 0 Å². The molecule has 0 amide bonds. The highest BCUT2D eigenvalue weighted by Gasteiger charge is 2.04. The minimum atomic E-state index is 0.791. The molecule has 0 atom stereocenters. The minimum absolute atomic E-state index is 0.791. The van der Waals surface area contributed by atoms with Crippen LogP contribution in [0.1, 0.15) is 11.1 Å². The van der Waals surface area contributed by atoms with Crippen LogP contribution in [0.15, 0.2) is 85.5 Å². The maximum absolute atomic E-state index is 5.65. The summed E-state index contributed by atoms with van der Waals surface area (Å²) in [6.45, 7) is 3.17. The molecule has 0 spiro atoms. The third kappa shape index (κ3) is 4.24. The standard InChI is InChI=1S/C22H22N4S2/c27-21-23(13-15-25(21)17-19-7-3-1-4-8-19)11-12-24-14-16-26(22(24)28)18-20-9-5-2-6-10-20/h1-10,13-16H,11-12,17-18H2. The lowest BCUT2D eigenvalue weighted by Crippen LogP contribution is -2.09. The zero-order valence-electron chi connectivity index (χ0n) is 15.5. The summed E-state index contributed by atoms with van der Waals surface area (Å²) in [7, 11) is 0.